The van der Waals surface area contributed by atoms with Crippen LogP contribution < -0.4 is 4.90 Å². The van der Waals surface area contributed by atoms with Gasteiger partial charge in [-0.05, 0) is 26.7 Å². The summed E-state index contributed by atoms with van der Waals surface area (Å²) in [6.45, 7) is 7.52. The molecule has 1 aliphatic heterocycles. The number of aryl methyl sites for hydroxylation is 1. The first-order valence-electron chi connectivity index (χ1n) is 7.64. The first kappa shape index (κ1) is 14.7. The minimum Gasteiger partial charge on any atom is -0.356 e. The van der Waals surface area contributed by atoms with Gasteiger partial charge in [0.2, 0.25) is 5.91 Å². The summed E-state index contributed by atoms with van der Waals surface area (Å²) < 4.78 is 1.82. The highest BCUT2D eigenvalue weighted by Gasteiger charge is 2.26. The van der Waals surface area contributed by atoms with E-state index in [2.05, 4.69) is 26.9 Å². The fourth-order valence-corrected chi connectivity index (χ4v) is 3.11. The molecule has 0 bridgehead atoms. The summed E-state index contributed by atoms with van der Waals surface area (Å²) in [5.74, 6) is 1.85. The largest absolute Gasteiger partial charge is 0.356 e. The first-order valence-corrected chi connectivity index (χ1v) is 7.64. The van der Waals surface area contributed by atoms with Crippen molar-refractivity contribution < 1.29 is 4.79 Å². The van der Waals surface area contributed by atoms with Crippen LogP contribution in [0.15, 0.2) is 6.33 Å². The van der Waals surface area contributed by atoms with Crippen LogP contribution in [0.1, 0.15) is 31.0 Å². The Morgan fingerprint density at radius 3 is 2.64 bits per heavy atom. The number of carbonyl (C=O) groups is 1. The van der Waals surface area contributed by atoms with Gasteiger partial charge >= 0.3 is 0 Å². The smallest absolute Gasteiger partial charge is 0.254 e. The van der Waals surface area contributed by atoms with Crippen molar-refractivity contribution in [3.63, 3.8) is 0 Å². The van der Waals surface area contributed by atoms with Gasteiger partial charge in [0.05, 0.1) is 0 Å². The summed E-state index contributed by atoms with van der Waals surface area (Å²) >= 11 is 0. The van der Waals surface area contributed by atoms with Crippen molar-refractivity contribution in [1.82, 2.24) is 24.5 Å². The maximum Gasteiger partial charge on any atom is 0.254 e. The van der Waals surface area contributed by atoms with Crippen LogP contribution in [0, 0.1) is 13.8 Å². The van der Waals surface area contributed by atoms with E-state index in [0.29, 0.717) is 11.8 Å². The number of amides is 1. The molecule has 0 aromatic carbocycles. The Kier molecular flexibility index (Phi) is 3.72. The van der Waals surface area contributed by atoms with Gasteiger partial charge in [-0.1, -0.05) is 0 Å². The van der Waals surface area contributed by atoms with E-state index in [9.17, 15) is 4.79 Å². The third kappa shape index (κ3) is 2.40. The normalized spacial score (nSPS) is 16.3. The van der Waals surface area contributed by atoms with Crippen LogP contribution in [-0.2, 0) is 4.79 Å². The zero-order chi connectivity index (χ0) is 15.9. The van der Waals surface area contributed by atoms with E-state index in [1.807, 2.05) is 23.4 Å². The average Bonchev–Trinajstić information content (AvgIpc) is 2.95. The highest BCUT2D eigenvalue weighted by Crippen LogP contribution is 2.26. The molecule has 7 heteroatoms. The van der Waals surface area contributed by atoms with Gasteiger partial charge in [-0.3, -0.25) is 4.79 Å². The lowest BCUT2D eigenvalue weighted by molar-refractivity contribution is -0.129. The van der Waals surface area contributed by atoms with Crippen LogP contribution in [0.25, 0.3) is 5.78 Å². The molecule has 22 heavy (non-hydrogen) atoms. The minimum atomic E-state index is 0.132. The summed E-state index contributed by atoms with van der Waals surface area (Å²) in [6.07, 6.45) is 3.47. The number of nitrogens with zero attached hydrogens (tertiary/aromatic N) is 6. The lowest BCUT2D eigenvalue weighted by Crippen LogP contribution is -2.45. The molecule has 3 heterocycles. The Labute approximate surface area is 130 Å². The summed E-state index contributed by atoms with van der Waals surface area (Å²) in [4.78, 5) is 24.4. The molecule has 1 saturated heterocycles. The molecule has 1 aliphatic rings. The van der Waals surface area contributed by atoms with Gasteiger partial charge in [-0.15, -0.1) is 0 Å². The van der Waals surface area contributed by atoms with Crippen LogP contribution in [-0.4, -0.2) is 56.6 Å². The second kappa shape index (κ2) is 5.55. The molecule has 0 radical (unpaired) electrons. The number of aromatic nitrogens is 4. The Morgan fingerprint density at radius 1 is 1.32 bits per heavy atom. The lowest BCUT2D eigenvalue weighted by Gasteiger charge is -2.38. The van der Waals surface area contributed by atoms with Crippen LogP contribution in [0.3, 0.4) is 0 Å². The van der Waals surface area contributed by atoms with E-state index >= 15 is 0 Å². The molecule has 0 saturated carbocycles. The zero-order valence-electron chi connectivity index (χ0n) is 13.6. The standard InChI is InChI=1S/C15H22N6O/c1-10-11(2)18-15-16-9-17-21(15)14(10)20-7-5-13(6-8-20)19(4)12(3)22/h9,13H,5-8H2,1-4H3. The highest BCUT2D eigenvalue weighted by molar-refractivity contribution is 5.73. The number of fused-ring (bicyclic) bond motifs is 1. The van der Waals surface area contributed by atoms with Crippen molar-refractivity contribution in [3.8, 4) is 0 Å². The van der Waals surface area contributed by atoms with E-state index < -0.39 is 0 Å². The lowest BCUT2D eigenvalue weighted by atomic mass is 10.0. The van der Waals surface area contributed by atoms with Crippen LogP contribution in [0.4, 0.5) is 5.82 Å². The maximum atomic E-state index is 11.5. The average molecular weight is 302 g/mol. The number of anilines is 1. The quantitative estimate of drug-likeness (QED) is 0.833. The molecule has 1 fully saturated rings. The van der Waals surface area contributed by atoms with E-state index in [4.69, 9.17) is 0 Å². The summed E-state index contributed by atoms with van der Waals surface area (Å²) in [5.41, 5.74) is 2.12. The molecule has 0 spiro atoms. The van der Waals surface area contributed by atoms with Crippen LogP contribution in [0.5, 0.6) is 0 Å². The molecule has 118 valence electrons. The molecule has 0 aliphatic carbocycles. The molecular weight excluding hydrogens is 280 g/mol. The Balaban J connectivity index is 1.86. The van der Waals surface area contributed by atoms with E-state index in [1.54, 1.807) is 13.3 Å². The van der Waals surface area contributed by atoms with Gasteiger partial charge < -0.3 is 9.80 Å². The molecule has 0 unspecified atom stereocenters. The first-order chi connectivity index (χ1) is 10.5. The van der Waals surface area contributed by atoms with Crippen molar-refractivity contribution >= 4 is 17.5 Å². The number of rotatable bonds is 2. The Morgan fingerprint density at radius 2 is 2.00 bits per heavy atom. The van der Waals surface area contributed by atoms with E-state index in [1.165, 1.54) is 0 Å². The Bertz CT molecular complexity index is 701. The van der Waals surface area contributed by atoms with Crippen molar-refractivity contribution in [3.05, 3.63) is 17.6 Å². The summed E-state index contributed by atoms with van der Waals surface area (Å²) in [5, 5.41) is 4.32. The van der Waals surface area contributed by atoms with E-state index in [0.717, 1.165) is 43.0 Å². The number of carbonyl (C=O) groups excluding carboxylic acids is 1. The third-order valence-corrected chi connectivity index (χ3v) is 4.68. The molecule has 0 N–H and O–H groups in total. The number of hydrogen-bond acceptors (Lipinski definition) is 5. The predicted molar refractivity (Wildman–Crippen MR) is 83.9 cm³/mol. The second-order valence-electron chi connectivity index (χ2n) is 5.97. The molecule has 7 nitrogen and oxygen atoms in total. The monoisotopic (exact) mass is 302 g/mol. The van der Waals surface area contributed by atoms with Crippen molar-refractivity contribution in [2.45, 2.75) is 39.7 Å². The van der Waals surface area contributed by atoms with Crippen LogP contribution >= 0.6 is 0 Å². The molecule has 0 atom stereocenters. The Hall–Kier alpha value is -2.18. The van der Waals surface area contributed by atoms with Gasteiger partial charge in [-0.2, -0.15) is 14.6 Å². The highest BCUT2D eigenvalue weighted by atomic mass is 16.2. The van der Waals surface area contributed by atoms with Gasteiger partial charge in [0.1, 0.15) is 12.1 Å². The van der Waals surface area contributed by atoms with Crippen molar-refractivity contribution in [1.29, 1.82) is 0 Å². The predicted octanol–water partition coefficient (Wildman–Crippen LogP) is 1.19. The summed E-state index contributed by atoms with van der Waals surface area (Å²) in [6, 6.07) is 0.322. The molecular formula is C15H22N6O. The van der Waals surface area contributed by atoms with Gasteiger partial charge in [-0.25, -0.2) is 4.98 Å². The summed E-state index contributed by atoms with van der Waals surface area (Å²) in [7, 11) is 1.89. The fraction of sp³-hybridized carbons (Fsp3) is 0.600. The number of hydrogen-bond donors (Lipinski definition) is 0. The van der Waals surface area contributed by atoms with E-state index in [-0.39, 0.29) is 5.91 Å². The van der Waals surface area contributed by atoms with Gasteiger partial charge in [0.15, 0.2) is 0 Å². The fourth-order valence-electron chi connectivity index (χ4n) is 3.11. The molecule has 1 amide bonds. The topological polar surface area (TPSA) is 66.6 Å². The van der Waals surface area contributed by atoms with Crippen molar-refractivity contribution in [2.75, 3.05) is 25.0 Å². The maximum absolute atomic E-state index is 11.5. The molecule has 2 aromatic rings. The third-order valence-electron chi connectivity index (χ3n) is 4.68. The van der Waals surface area contributed by atoms with Crippen molar-refractivity contribution in [2.24, 2.45) is 0 Å². The molecule has 2 aromatic heterocycles. The van der Waals surface area contributed by atoms with Gasteiger partial charge in [0.25, 0.3) is 5.78 Å². The minimum absolute atomic E-state index is 0.132. The SMILES string of the molecule is CC(=O)N(C)C1CCN(c2c(C)c(C)nc3ncnn23)CC1. The molecule has 3 rings (SSSR count). The van der Waals surface area contributed by atoms with Gasteiger partial charge in [0, 0.05) is 44.4 Å². The zero-order valence-corrected chi connectivity index (χ0v) is 13.6. The number of piperidine rings is 1. The second-order valence-corrected chi connectivity index (χ2v) is 5.97. The van der Waals surface area contributed by atoms with Crippen LogP contribution in [0.2, 0.25) is 0 Å².